The molecule has 0 saturated carbocycles. The van der Waals surface area contributed by atoms with E-state index in [0.717, 1.165) is 6.20 Å². The summed E-state index contributed by atoms with van der Waals surface area (Å²) in [6.45, 7) is -0.0217. The summed E-state index contributed by atoms with van der Waals surface area (Å²) in [5, 5.41) is 5.14. The zero-order valence-corrected chi connectivity index (χ0v) is 6.93. The van der Waals surface area contributed by atoms with E-state index < -0.39 is 11.9 Å². The Bertz CT molecular complexity index is 351. The third-order valence-electron chi connectivity index (χ3n) is 1.56. The lowest BCUT2D eigenvalue weighted by molar-refractivity contribution is -0.141. The van der Waals surface area contributed by atoms with Crippen LogP contribution in [0.5, 0.6) is 0 Å². The molecule has 1 heterocycles. The number of aromatic nitrogens is 2. The predicted octanol–water partition coefficient (Wildman–Crippen LogP) is 1.31. The van der Waals surface area contributed by atoms with Gasteiger partial charge in [0, 0.05) is 5.56 Å². The number of nitrogens with zero attached hydrogens (tertiary/aromatic N) is 2. The smallest absolute Gasteiger partial charge is 0.273 e. The first-order valence-corrected chi connectivity index (χ1v) is 3.68. The van der Waals surface area contributed by atoms with E-state index in [1.54, 1.807) is 0 Å². The Hall–Kier alpha value is -1.62. The third kappa shape index (κ3) is 2.43. The van der Waals surface area contributed by atoms with Gasteiger partial charge in [0.2, 0.25) is 6.08 Å². The zero-order valence-electron chi connectivity index (χ0n) is 6.93. The van der Waals surface area contributed by atoms with Crippen molar-refractivity contribution in [2.75, 3.05) is 6.54 Å². The van der Waals surface area contributed by atoms with Crippen LogP contribution in [0, 0.1) is 0 Å². The number of hydrogen-bond acceptors (Lipinski definition) is 3. The van der Waals surface area contributed by atoms with Gasteiger partial charge in [0.15, 0.2) is 0 Å². The Balaban J connectivity index is 2.77. The molecule has 0 amide bonds. The molecule has 0 aliphatic heterocycles. The minimum absolute atomic E-state index is 0.00324. The number of isocyanates is 1. The van der Waals surface area contributed by atoms with Gasteiger partial charge in [0.1, 0.15) is 5.69 Å². The van der Waals surface area contributed by atoms with Gasteiger partial charge < -0.3 is 0 Å². The highest BCUT2D eigenvalue weighted by atomic mass is 19.4. The van der Waals surface area contributed by atoms with Gasteiger partial charge in [-0.2, -0.15) is 18.3 Å². The fourth-order valence-corrected chi connectivity index (χ4v) is 0.968. The van der Waals surface area contributed by atoms with E-state index in [1.807, 2.05) is 5.10 Å². The Kier molecular flexibility index (Phi) is 3.03. The molecule has 0 aromatic carbocycles. The number of aromatic amines is 1. The molecule has 0 fully saturated rings. The van der Waals surface area contributed by atoms with Gasteiger partial charge in [-0.3, -0.25) is 5.10 Å². The number of hydrogen-bond donors (Lipinski definition) is 1. The predicted molar refractivity (Wildman–Crippen MR) is 40.3 cm³/mol. The number of rotatable bonds is 3. The van der Waals surface area contributed by atoms with Gasteiger partial charge in [-0.25, -0.2) is 9.79 Å². The maximum atomic E-state index is 12.2. The van der Waals surface area contributed by atoms with E-state index in [4.69, 9.17) is 0 Å². The fourth-order valence-electron chi connectivity index (χ4n) is 0.968. The highest BCUT2D eigenvalue weighted by Crippen LogP contribution is 2.30. The van der Waals surface area contributed by atoms with Gasteiger partial charge in [-0.15, -0.1) is 0 Å². The van der Waals surface area contributed by atoms with Crippen LogP contribution in [0.2, 0.25) is 0 Å². The lowest BCUT2D eigenvalue weighted by Crippen LogP contribution is -2.09. The van der Waals surface area contributed by atoms with Gasteiger partial charge >= 0.3 is 6.18 Å². The van der Waals surface area contributed by atoms with Crippen LogP contribution < -0.4 is 0 Å². The molecule has 0 atom stereocenters. The average molecular weight is 205 g/mol. The summed E-state index contributed by atoms with van der Waals surface area (Å²) in [6.07, 6.45) is -2.11. The first-order valence-electron chi connectivity index (χ1n) is 3.68. The molecular weight excluding hydrogens is 199 g/mol. The van der Waals surface area contributed by atoms with Crippen LogP contribution >= 0.6 is 0 Å². The van der Waals surface area contributed by atoms with Crippen molar-refractivity contribution in [2.45, 2.75) is 12.6 Å². The first kappa shape index (κ1) is 10.5. The van der Waals surface area contributed by atoms with Gasteiger partial charge in [-0.05, 0) is 6.42 Å². The molecule has 76 valence electrons. The molecule has 0 radical (unpaired) electrons. The lowest BCUT2D eigenvalue weighted by Gasteiger charge is -2.04. The summed E-state index contributed by atoms with van der Waals surface area (Å²) in [6, 6.07) is 0. The molecule has 1 rings (SSSR count). The number of carbonyl (C=O) groups excluding carboxylic acids is 1. The number of halogens is 3. The van der Waals surface area contributed by atoms with Crippen molar-refractivity contribution in [3.8, 4) is 0 Å². The van der Waals surface area contributed by atoms with Crippen LogP contribution in [0.4, 0.5) is 13.2 Å². The highest BCUT2D eigenvalue weighted by molar-refractivity contribution is 5.33. The molecule has 0 spiro atoms. The van der Waals surface area contributed by atoms with Crippen molar-refractivity contribution in [3.05, 3.63) is 17.5 Å². The highest BCUT2D eigenvalue weighted by Gasteiger charge is 2.35. The number of nitrogens with one attached hydrogen (secondary N) is 1. The largest absolute Gasteiger partial charge is 0.433 e. The normalized spacial score (nSPS) is 11.1. The van der Waals surface area contributed by atoms with Gasteiger partial charge in [0.25, 0.3) is 0 Å². The molecule has 14 heavy (non-hydrogen) atoms. The second-order valence-electron chi connectivity index (χ2n) is 2.49. The van der Waals surface area contributed by atoms with Crippen molar-refractivity contribution in [1.82, 2.24) is 10.2 Å². The van der Waals surface area contributed by atoms with Crippen LogP contribution in [-0.4, -0.2) is 22.8 Å². The first-order chi connectivity index (χ1) is 6.55. The molecule has 1 aromatic heterocycles. The molecule has 0 unspecified atom stereocenters. The number of H-pyrrole nitrogens is 1. The summed E-state index contributed by atoms with van der Waals surface area (Å²) in [7, 11) is 0. The second-order valence-corrected chi connectivity index (χ2v) is 2.49. The van der Waals surface area contributed by atoms with Crippen LogP contribution in [0.3, 0.4) is 0 Å². The minimum Gasteiger partial charge on any atom is -0.273 e. The third-order valence-corrected chi connectivity index (χ3v) is 1.56. The Morgan fingerprint density at radius 1 is 1.57 bits per heavy atom. The van der Waals surface area contributed by atoms with Gasteiger partial charge in [0.05, 0.1) is 12.7 Å². The maximum Gasteiger partial charge on any atom is 0.433 e. The van der Waals surface area contributed by atoms with Gasteiger partial charge in [-0.1, -0.05) is 0 Å². The van der Waals surface area contributed by atoms with Crippen LogP contribution in [0.1, 0.15) is 11.3 Å². The lowest BCUT2D eigenvalue weighted by atomic mass is 10.2. The summed E-state index contributed by atoms with van der Waals surface area (Å²) >= 11 is 0. The van der Waals surface area contributed by atoms with Crippen molar-refractivity contribution in [3.63, 3.8) is 0 Å². The number of alkyl halides is 3. The monoisotopic (exact) mass is 205 g/mol. The maximum absolute atomic E-state index is 12.2. The Morgan fingerprint density at radius 2 is 2.29 bits per heavy atom. The quantitative estimate of drug-likeness (QED) is 0.597. The van der Waals surface area contributed by atoms with Crippen molar-refractivity contribution in [2.24, 2.45) is 4.99 Å². The van der Waals surface area contributed by atoms with E-state index in [2.05, 4.69) is 10.1 Å². The Labute approximate surface area is 76.8 Å². The number of aliphatic imine (C=N–C) groups is 1. The van der Waals surface area contributed by atoms with E-state index >= 15 is 0 Å². The summed E-state index contributed by atoms with van der Waals surface area (Å²) < 4.78 is 36.6. The zero-order chi connectivity index (χ0) is 10.6. The summed E-state index contributed by atoms with van der Waals surface area (Å²) in [4.78, 5) is 12.8. The van der Waals surface area contributed by atoms with Crippen molar-refractivity contribution >= 4 is 6.08 Å². The van der Waals surface area contributed by atoms with Crippen molar-refractivity contribution < 1.29 is 18.0 Å². The van der Waals surface area contributed by atoms with Crippen LogP contribution in [0.15, 0.2) is 11.2 Å². The molecule has 0 aliphatic rings. The van der Waals surface area contributed by atoms with Crippen LogP contribution in [0.25, 0.3) is 0 Å². The fraction of sp³-hybridized carbons (Fsp3) is 0.429. The van der Waals surface area contributed by atoms with E-state index in [9.17, 15) is 18.0 Å². The molecular formula is C7H6F3N3O. The van der Waals surface area contributed by atoms with Crippen molar-refractivity contribution in [1.29, 1.82) is 0 Å². The van der Waals surface area contributed by atoms with E-state index in [1.165, 1.54) is 6.08 Å². The average Bonchev–Trinajstić information content (AvgIpc) is 2.52. The molecule has 1 N–H and O–H groups in total. The molecule has 1 aromatic rings. The topological polar surface area (TPSA) is 58.1 Å². The van der Waals surface area contributed by atoms with E-state index in [-0.39, 0.29) is 18.5 Å². The second kappa shape index (κ2) is 4.06. The van der Waals surface area contributed by atoms with Crippen LogP contribution in [-0.2, 0) is 17.4 Å². The van der Waals surface area contributed by atoms with E-state index in [0.29, 0.717) is 0 Å². The molecule has 7 heteroatoms. The summed E-state index contributed by atoms with van der Waals surface area (Å²) in [5.74, 6) is 0. The SMILES string of the molecule is O=C=NCCc1cn[nH]c1C(F)(F)F. The molecule has 0 aliphatic carbocycles. The Morgan fingerprint density at radius 3 is 2.86 bits per heavy atom. The standard InChI is InChI=1S/C7H6F3N3O/c8-7(9,10)6-5(3-12-13-6)1-2-11-4-14/h3H,1-2H2,(H,12,13). The minimum atomic E-state index is -4.45. The summed E-state index contributed by atoms with van der Waals surface area (Å²) in [5.41, 5.74) is -0.893. The molecule has 0 saturated heterocycles. The molecule has 4 nitrogen and oxygen atoms in total. The molecule has 0 bridgehead atoms.